The van der Waals surface area contributed by atoms with E-state index in [2.05, 4.69) is 6.92 Å². The molecule has 0 saturated carbocycles. The summed E-state index contributed by atoms with van der Waals surface area (Å²) >= 11 is 0. The maximum absolute atomic E-state index is 10.5. The molecule has 1 atom stereocenters. The molecular weight excluding hydrogens is 400 g/mol. The average molecular weight is 446 g/mol. The van der Waals surface area contributed by atoms with Crippen LogP contribution in [0.15, 0.2) is 0 Å². The first-order chi connectivity index (χ1) is 12.2. The van der Waals surface area contributed by atoms with E-state index >= 15 is 0 Å². The second-order valence-corrected chi connectivity index (χ2v) is 7.65. The Labute approximate surface area is 200 Å². The molecule has 3 nitrogen and oxygen atoms in total. The summed E-state index contributed by atoms with van der Waals surface area (Å²) < 4.78 is 0. The number of carbonyl (C=O) groups is 1. The predicted octanol–water partition coefficient (Wildman–Crippen LogP) is 5.95. The van der Waals surface area contributed by atoms with Crippen LogP contribution in [0.4, 0.5) is 0 Å². The van der Waals surface area contributed by atoms with Crippen molar-refractivity contribution < 1.29 is 15.0 Å². The summed E-state index contributed by atoms with van der Waals surface area (Å²) in [7, 11) is 0. The summed E-state index contributed by atoms with van der Waals surface area (Å²) in [5, 5.41) is 17.7. The second-order valence-electron chi connectivity index (χ2n) is 7.65. The van der Waals surface area contributed by atoms with Gasteiger partial charge in [-0.3, -0.25) is 0 Å². The summed E-state index contributed by atoms with van der Waals surface area (Å²) in [6, 6.07) is 0. The number of aliphatic hydroxyl groups is 1. The van der Waals surface area contributed by atoms with Crippen LogP contribution in [0.1, 0.15) is 129 Å². The third-order valence-corrected chi connectivity index (χ3v) is 5.12. The molecule has 4 heteroatoms. The van der Waals surface area contributed by atoms with Gasteiger partial charge in [-0.05, 0) is 6.42 Å². The number of aliphatic carboxylic acids is 1. The van der Waals surface area contributed by atoms with E-state index in [4.69, 9.17) is 10.2 Å². The third kappa shape index (κ3) is 23.0. The number of carboxylic acid groups (broad SMARTS) is 1. The van der Waals surface area contributed by atoms with Gasteiger partial charge in [0.2, 0.25) is 0 Å². The van der Waals surface area contributed by atoms with Crippen molar-refractivity contribution in [3.05, 3.63) is 0 Å². The summed E-state index contributed by atoms with van der Waals surface area (Å²) in [5.74, 6) is -1.09. The van der Waals surface area contributed by atoms with Gasteiger partial charge in [-0.15, -0.1) is 0 Å². The van der Waals surface area contributed by atoms with Gasteiger partial charge < -0.3 is 10.2 Å². The molecule has 0 heterocycles. The van der Waals surface area contributed by atoms with Gasteiger partial charge in [-0.25, -0.2) is 4.79 Å². The van der Waals surface area contributed by atoms with Crippen LogP contribution in [-0.2, 0) is 4.79 Å². The quantitative estimate of drug-likeness (QED) is 0.180. The van der Waals surface area contributed by atoms with Gasteiger partial charge in [-0.1, -0.05) is 122 Å². The van der Waals surface area contributed by atoms with Crippen LogP contribution in [-0.4, -0.2) is 67.8 Å². The van der Waals surface area contributed by atoms with Crippen molar-refractivity contribution in [3.63, 3.8) is 0 Å². The Morgan fingerprint density at radius 2 is 0.885 bits per heavy atom. The van der Waals surface area contributed by atoms with Crippen molar-refractivity contribution in [3.8, 4) is 0 Å². The molecule has 2 N–H and O–H groups in total. The second kappa shape index (κ2) is 23.9. The number of rotatable bonds is 20. The Morgan fingerprint density at radius 1 is 0.615 bits per heavy atom. The number of hydrogen-bond donors (Lipinski definition) is 2. The first-order valence-corrected chi connectivity index (χ1v) is 11.1. The molecule has 0 saturated heterocycles. The van der Waals surface area contributed by atoms with Gasteiger partial charge in [0.1, 0.15) is 0 Å². The molecule has 0 spiro atoms. The molecule has 0 aromatic rings. The third-order valence-electron chi connectivity index (χ3n) is 5.12. The Morgan fingerprint density at radius 3 is 1.15 bits per heavy atom. The zero-order valence-corrected chi connectivity index (χ0v) is 16.8. The summed E-state index contributed by atoms with van der Waals surface area (Å²) in [4.78, 5) is 10.5. The Bertz CT molecular complexity index is 285. The van der Waals surface area contributed by atoms with E-state index < -0.39 is 12.1 Å². The SMILES string of the molecule is CCCCCCCCCCCCCCCCCCCCC(O)C(=O)O.[SrH2]. The molecule has 0 amide bonds. The number of carboxylic acids is 1. The predicted molar refractivity (Wildman–Crippen MR) is 116 cm³/mol. The standard InChI is InChI=1S/C22H44O3.Sr.2H/c1-2-3-4-5-6-7-8-9-10-11-12-13-14-15-16-17-18-19-20-21(23)22(24)25;;;/h21,23H,2-20H2,1H3,(H,24,25);;;. The first-order valence-electron chi connectivity index (χ1n) is 11.1. The number of aliphatic hydroxyl groups excluding tert-OH is 1. The molecule has 0 aliphatic carbocycles. The van der Waals surface area contributed by atoms with Gasteiger partial charge >= 0.3 is 51.5 Å². The average Bonchev–Trinajstić information content (AvgIpc) is 2.60. The minimum absolute atomic E-state index is 0. The first kappa shape index (κ1) is 29.1. The normalized spacial score (nSPS) is 11.9. The molecule has 26 heavy (non-hydrogen) atoms. The van der Waals surface area contributed by atoms with Crippen LogP contribution in [0.5, 0.6) is 0 Å². The van der Waals surface area contributed by atoms with Gasteiger partial charge in [0.05, 0.1) is 0 Å². The Kier molecular flexibility index (Phi) is 26.8. The van der Waals surface area contributed by atoms with Crippen molar-refractivity contribution in [2.45, 2.75) is 135 Å². The van der Waals surface area contributed by atoms with Crippen molar-refractivity contribution in [2.75, 3.05) is 0 Å². The molecule has 0 radical (unpaired) electrons. The molecule has 1 unspecified atom stereocenters. The van der Waals surface area contributed by atoms with Crippen molar-refractivity contribution >= 4 is 51.5 Å². The van der Waals surface area contributed by atoms with Crippen molar-refractivity contribution in [1.29, 1.82) is 0 Å². The van der Waals surface area contributed by atoms with E-state index in [9.17, 15) is 4.79 Å². The molecule has 0 aromatic carbocycles. The van der Waals surface area contributed by atoms with E-state index in [0.29, 0.717) is 6.42 Å². The fraction of sp³-hybridized carbons (Fsp3) is 0.955. The summed E-state index contributed by atoms with van der Waals surface area (Å²) in [5.41, 5.74) is 0. The molecular formula is C22H46O3Sr. The molecule has 0 aliphatic heterocycles. The molecule has 0 aromatic heterocycles. The van der Waals surface area contributed by atoms with Crippen LogP contribution in [0.2, 0.25) is 0 Å². The molecule has 154 valence electrons. The molecule has 0 fully saturated rings. The summed E-state index contributed by atoms with van der Waals surface area (Å²) in [6.45, 7) is 2.28. The Hall–Kier alpha value is 0.911. The van der Waals surface area contributed by atoms with E-state index in [1.165, 1.54) is 103 Å². The zero-order valence-electron chi connectivity index (χ0n) is 16.8. The van der Waals surface area contributed by atoms with E-state index in [1.54, 1.807) is 0 Å². The van der Waals surface area contributed by atoms with Gasteiger partial charge in [-0.2, -0.15) is 0 Å². The van der Waals surface area contributed by atoms with Crippen LogP contribution >= 0.6 is 0 Å². The van der Waals surface area contributed by atoms with Gasteiger partial charge in [0.15, 0.2) is 6.10 Å². The molecule has 0 bridgehead atoms. The van der Waals surface area contributed by atoms with Crippen molar-refractivity contribution in [2.24, 2.45) is 0 Å². The molecule has 0 rings (SSSR count). The van der Waals surface area contributed by atoms with Gasteiger partial charge in [0, 0.05) is 0 Å². The fourth-order valence-corrected chi connectivity index (χ4v) is 3.36. The van der Waals surface area contributed by atoms with E-state index in [-0.39, 0.29) is 45.5 Å². The minimum atomic E-state index is -1.17. The van der Waals surface area contributed by atoms with Crippen LogP contribution < -0.4 is 0 Å². The topological polar surface area (TPSA) is 57.5 Å². The maximum atomic E-state index is 10.5. The van der Waals surface area contributed by atoms with Gasteiger partial charge in [0.25, 0.3) is 0 Å². The fourth-order valence-electron chi connectivity index (χ4n) is 3.36. The van der Waals surface area contributed by atoms with Crippen molar-refractivity contribution in [1.82, 2.24) is 0 Å². The van der Waals surface area contributed by atoms with Crippen LogP contribution in [0.25, 0.3) is 0 Å². The number of unbranched alkanes of at least 4 members (excludes halogenated alkanes) is 17. The number of hydrogen-bond acceptors (Lipinski definition) is 2. The molecule has 0 aliphatic rings. The van der Waals surface area contributed by atoms with Crippen LogP contribution in [0, 0.1) is 0 Å². The van der Waals surface area contributed by atoms with E-state index in [0.717, 1.165) is 12.8 Å². The Balaban J connectivity index is 0. The van der Waals surface area contributed by atoms with E-state index in [1.807, 2.05) is 0 Å². The summed E-state index contributed by atoms with van der Waals surface area (Å²) in [6.07, 6.45) is 23.1. The zero-order chi connectivity index (χ0) is 18.6. The van der Waals surface area contributed by atoms with Crippen LogP contribution in [0.3, 0.4) is 0 Å². The monoisotopic (exact) mass is 446 g/mol.